The van der Waals surface area contributed by atoms with E-state index in [1.54, 1.807) is 22.4 Å². The number of hydrogen-bond acceptors (Lipinski definition) is 9. The van der Waals surface area contributed by atoms with E-state index in [4.69, 9.17) is 14.5 Å². The highest BCUT2D eigenvalue weighted by atomic mass is 32.1. The van der Waals surface area contributed by atoms with Gasteiger partial charge >= 0.3 is 12.2 Å². The number of methoxy groups -OCH3 is 2. The summed E-state index contributed by atoms with van der Waals surface area (Å²) in [7, 11) is 2.57. The van der Waals surface area contributed by atoms with Crippen LogP contribution >= 0.6 is 11.3 Å². The van der Waals surface area contributed by atoms with Crippen LogP contribution in [0.3, 0.4) is 0 Å². The molecule has 14 nitrogen and oxygen atoms in total. The van der Waals surface area contributed by atoms with Gasteiger partial charge in [0.05, 0.1) is 50.6 Å². The number of ether oxygens (including phenoxy) is 2. The van der Waals surface area contributed by atoms with Crippen LogP contribution in [0, 0.1) is 11.8 Å². The summed E-state index contributed by atoms with van der Waals surface area (Å²) in [6.07, 6.45) is 4.72. The zero-order valence-electron chi connectivity index (χ0n) is 32.4. The number of amides is 4. The smallest absolute Gasteiger partial charge is 0.407 e. The number of fused-ring (bicyclic) bond motifs is 3. The Balaban J connectivity index is 1.19. The molecule has 0 saturated carbocycles. The van der Waals surface area contributed by atoms with Gasteiger partial charge in [0.2, 0.25) is 11.8 Å². The molecule has 6 rings (SSSR count). The molecule has 4 heterocycles. The molecule has 1 aliphatic heterocycles. The summed E-state index contributed by atoms with van der Waals surface area (Å²) in [6, 6.07) is 11.1. The Morgan fingerprint density at radius 1 is 0.873 bits per heavy atom. The predicted octanol–water partition coefficient (Wildman–Crippen LogP) is 7.00. The van der Waals surface area contributed by atoms with Crippen molar-refractivity contribution in [2.45, 2.75) is 78.6 Å². The summed E-state index contributed by atoms with van der Waals surface area (Å²) >= 11 is 1.70. The molecule has 0 spiro atoms. The maximum Gasteiger partial charge on any atom is 0.407 e. The second kappa shape index (κ2) is 16.9. The van der Waals surface area contributed by atoms with Gasteiger partial charge in [0.15, 0.2) is 0 Å². The number of likely N-dealkylation sites (tertiary alicyclic amines) is 1. The molecule has 1 fully saturated rings. The third kappa shape index (κ3) is 8.46. The maximum absolute atomic E-state index is 13.6. The van der Waals surface area contributed by atoms with Crippen LogP contribution in [0.5, 0.6) is 0 Å². The Morgan fingerprint density at radius 3 is 2.04 bits per heavy atom. The standard InChI is InChI=1S/C40H50N8O6S/c1-8-15-47(37(49)34(22(2)3)45-39(51)53-6)21-33-41-19-28(43-33)24-11-13-26-27-14-12-25(18-32(27)55-31(26)17-24)29-20-42-36(44-29)30-10-9-16-48(30)38(50)35(23(4)5)46-40(52)54-7/h11-14,17-20,22-23,30,34-35H,8-10,15-16,21H2,1-7H3,(H,41,43)(H,42,44)(H,45,51)(H,46,52)/t30-,34-,35-/m0/s1. The first-order chi connectivity index (χ1) is 26.4. The number of rotatable bonds is 13. The van der Waals surface area contributed by atoms with Crippen LogP contribution in [0.15, 0.2) is 48.8 Å². The van der Waals surface area contributed by atoms with Gasteiger partial charge in [-0.2, -0.15) is 0 Å². The quantitative estimate of drug-likeness (QED) is 0.0991. The molecule has 1 aliphatic rings. The summed E-state index contributed by atoms with van der Waals surface area (Å²) in [5.41, 5.74) is 3.68. The minimum Gasteiger partial charge on any atom is -0.453 e. The number of alkyl carbamates (subject to hydrolysis) is 2. The van der Waals surface area contributed by atoms with E-state index < -0.39 is 24.3 Å². The van der Waals surface area contributed by atoms with E-state index in [1.165, 1.54) is 14.2 Å². The minimum atomic E-state index is -0.714. The zero-order chi connectivity index (χ0) is 39.4. The molecule has 0 aliphatic carbocycles. The molecule has 3 atom stereocenters. The van der Waals surface area contributed by atoms with Crippen LogP contribution in [0.2, 0.25) is 0 Å². The first kappa shape index (κ1) is 39.3. The van der Waals surface area contributed by atoms with Crippen LogP contribution in [-0.2, 0) is 25.6 Å². The van der Waals surface area contributed by atoms with Crippen molar-refractivity contribution in [3.63, 3.8) is 0 Å². The van der Waals surface area contributed by atoms with Crippen LogP contribution in [0.25, 0.3) is 42.7 Å². The van der Waals surface area contributed by atoms with Gasteiger partial charge in [0, 0.05) is 44.4 Å². The van der Waals surface area contributed by atoms with E-state index in [0.29, 0.717) is 18.9 Å². The maximum atomic E-state index is 13.6. The number of nitrogens with one attached hydrogen (secondary N) is 4. The lowest BCUT2D eigenvalue weighted by Gasteiger charge is -2.30. The van der Waals surface area contributed by atoms with Crippen molar-refractivity contribution in [1.82, 2.24) is 40.4 Å². The number of thiophene rings is 1. The van der Waals surface area contributed by atoms with Crippen LogP contribution in [0.4, 0.5) is 9.59 Å². The fraction of sp³-hybridized carbons (Fsp3) is 0.450. The SMILES string of the molecule is CCCN(Cc1ncc(-c2ccc3c(c2)sc2cc(-c4cnc([C@@H]5CCCN5C(=O)[C@@H](NC(=O)OC)C(C)C)[nH]4)ccc23)[nH]1)C(=O)[C@@H](NC(=O)OC)C(C)C. The molecular weight excluding hydrogens is 721 g/mol. The highest BCUT2D eigenvalue weighted by Crippen LogP contribution is 2.39. The number of imidazole rings is 2. The number of carbonyl (C=O) groups excluding carboxylic acids is 4. The van der Waals surface area contributed by atoms with Gasteiger partial charge in [0.25, 0.3) is 0 Å². The van der Waals surface area contributed by atoms with Gasteiger partial charge in [-0.05, 0) is 43.2 Å². The normalized spacial score (nSPS) is 15.4. The topological polar surface area (TPSA) is 175 Å². The highest BCUT2D eigenvalue weighted by molar-refractivity contribution is 7.25. The van der Waals surface area contributed by atoms with Gasteiger partial charge in [0.1, 0.15) is 23.7 Å². The Kier molecular flexibility index (Phi) is 12.1. The predicted molar refractivity (Wildman–Crippen MR) is 212 cm³/mol. The third-order valence-electron chi connectivity index (χ3n) is 10.1. The Morgan fingerprint density at radius 2 is 1.45 bits per heavy atom. The lowest BCUT2D eigenvalue weighted by Crippen LogP contribution is -2.51. The van der Waals surface area contributed by atoms with E-state index in [-0.39, 0.29) is 36.2 Å². The van der Waals surface area contributed by atoms with Crippen molar-refractivity contribution in [2.75, 3.05) is 27.3 Å². The third-order valence-corrected chi connectivity index (χ3v) is 11.2. The summed E-state index contributed by atoms with van der Waals surface area (Å²) in [6.45, 7) is 11.0. The first-order valence-corrected chi connectivity index (χ1v) is 19.6. The molecule has 55 heavy (non-hydrogen) atoms. The fourth-order valence-electron chi connectivity index (χ4n) is 7.16. The van der Waals surface area contributed by atoms with Gasteiger partial charge < -0.3 is 39.9 Å². The van der Waals surface area contributed by atoms with E-state index in [9.17, 15) is 19.2 Å². The second-order valence-electron chi connectivity index (χ2n) is 14.6. The summed E-state index contributed by atoms with van der Waals surface area (Å²) < 4.78 is 11.8. The number of benzene rings is 2. The summed E-state index contributed by atoms with van der Waals surface area (Å²) in [5.74, 6) is 0.818. The lowest BCUT2D eigenvalue weighted by atomic mass is 10.0. The van der Waals surface area contributed by atoms with Crippen LogP contribution in [0.1, 0.15) is 71.6 Å². The van der Waals surface area contributed by atoms with Crippen molar-refractivity contribution < 1.29 is 28.7 Å². The van der Waals surface area contributed by atoms with Crippen LogP contribution < -0.4 is 10.6 Å². The van der Waals surface area contributed by atoms with Gasteiger partial charge in [-0.1, -0.05) is 58.9 Å². The number of aromatic amines is 2. The molecular formula is C40H50N8O6S. The molecule has 2 aromatic carbocycles. The molecule has 0 radical (unpaired) electrons. The van der Waals surface area contributed by atoms with E-state index >= 15 is 0 Å². The number of aromatic nitrogens is 4. The van der Waals surface area contributed by atoms with E-state index in [0.717, 1.165) is 67.8 Å². The monoisotopic (exact) mass is 770 g/mol. The van der Waals surface area contributed by atoms with Crippen molar-refractivity contribution in [2.24, 2.45) is 11.8 Å². The zero-order valence-corrected chi connectivity index (χ0v) is 33.2. The Hall–Kier alpha value is -5.44. The molecule has 0 bridgehead atoms. The average Bonchev–Trinajstić information content (AvgIpc) is 4.00. The number of nitrogens with zero attached hydrogens (tertiary/aromatic N) is 4. The van der Waals surface area contributed by atoms with Crippen molar-refractivity contribution in [3.05, 3.63) is 60.4 Å². The molecule has 5 aromatic rings. The number of carbonyl (C=O) groups is 4. The highest BCUT2D eigenvalue weighted by Gasteiger charge is 2.37. The van der Waals surface area contributed by atoms with Crippen LogP contribution in [-0.4, -0.2) is 93.1 Å². The molecule has 15 heteroatoms. The molecule has 1 saturated heterocycles. The number of H-pyrrole nitrogens is 2. The van der Waals surface area contributed by atoms with Crippen molar-refractivity contribution in [3.8, 4) is 22.5 Å². The summed E-state index contributed by atoms with van der Waals surface area (Å²) in [5, 5.41) is 7.68. The fourth-order valence-corrected chi connectivity index (χ4v) is 8.35. The number of hydrogen-bond donors (Lipinski definition) is 4. The molecule has 3 aromatic heterocycles. The van der Waals surface area contributed by atoms with E-state index in [2.05, 4.69) is 62.0 Å². The Bertz CT molecular complexity index is 2170. The molecule has 0 unspecified atom stereocenters. The second-order valence-corrected chi connectivity index (χ2v) is 15.7. The van der Waals surface area contributed by atoms with Crippen molar-refractivity contribution in [1.29, 1.82) is 0 Å². The molecule has 292 valence electrons. The van der Waals surface area contributed by atoms with Gasteiger partial charge in [-0.3, -0.25) is 9.59 Å². The van der Waals surface area contributed by atoms with Gasteiger partial charge in [-0.15, -0.1) is 11.3 Å². The van der Waals surface area contributed by atoms with Crippen molar-refractivity contribution >= 4 is 55.5 Å². The average molecular weight is 771 g/mol. The molecule has 4 amide bonds. The Labute approximate surface area is 324 Å². The lowest BCUT2D eigenvalue weighted by molar-refractivity contribution is -0.136. The van der Waals surface area contributed by atoms with E-state index in [1.807, 2.05) is 45.7 Å². The molecule has 4 N–H and O–H groups in total. The van der Waals surface area contributed by atoms with Gasteiger partial charge in [-0.25, -0.2) is 19.6 Å². The largest absolute Gasteiger partial charge is 0.453 e. The first-order valence-electron chi connectivity index (χ1n) is 18.8. The summed E-state index contributed by atoms with van der Waals surface area (Å²) in [4.78, 5) is 70.8. The minimum absolute atomic E-state index is 0.110.